The lowest BCUT2D eigenvalue weighted by atomic mass is 10.0. The summed E-state index contributed by atoms with van der Waals surface area (Å²) in [5.74, 6) is 0. The van der Waals surface area contributed by atoms with Crippen LogP contribution in [0.5, 0.6) is 0 Å². The number of aryl methyl sites for hydroxylation is 2. The van der Waals surface area contributed by atoms with Gasteiger partial charge in [-0.15, -0.1) is 0 Å². The molecular formula is C14H15N3OS. The maximum atomic E-state index is 5.08. The molecule has 0 spiro atoms. The first-order valence-corrected chi connectivity index (χ1v) is 6.90. The number of fused-ring (bicyclic) bond motifs is 1. The number of ether oxygens (including phenoxy) is 1. The van der Waals surface area contributed by atoms with Crippen LogP contribution in [0.3, 0.4) is 0 Å². The molecule has 2 aromatic heterocycles. The van der Waals surface area contributed by atoms with Gasteiger partial charge in [0.05, 0.1) is 18.5 Å². The molecule has 2 heterocycles. The van der Waals surface area contributed by atoms with E-state index >= 15 is 0 Å². The van der Waals surface area contributed by atoms with E-state index in [0.29, 0.717) is 6.61 Å². The third kappa shape index (κ3) is 2.27. The summed E-state index contributed by atoms with van der Waals surface area (Å²) in [4.78, 5) is 5.56. The highest BCUT2D eigenvalue weighted by Crippen LogP contribution is 2.26. The van der Waals surface area contributed by atoms with Crippen molar-refractivity contribution in [3.8, 4) is 11.3 Å². The molecule has 0 N–H and O–H groups in total. The molecule has 0 radical (unpaired) electrons. The normalized spacial score (nSPS) is 11.3. The van der Waals surface area contributed by atoms with Gasteiger partial charge in [-0.3, -0.25) is 0 Å². The van der Waals surface area contributed by atoms with E-state index in [0.717, 1.165) is 15.7 Å². The maximum absolute atomic E-state index is 5.08. The molecule has 3 rings (SSSR count). The number of hydrogen-bond acceptors (Lipinski definition) is 4. The smallest absolute Gasteiger partial charge is 0.212 e. The molecule has 0 unspecified atom stereocenters. The molecule has 0 aliphatic heterocycles. The molecule has 1 aromatic carbocycles. The number of methoxy groups -OCH3 is 1. The van der Waals surface area contributed by atoms with Crippen LogP contribution in [0, 0.1) is 13.8 Å². The van der Waals surface area contributed by atoms with Crippen molar-refractivity contribution < 1.29 is 4.74 Å². The standard InChI is InChI=1S/C14H15N3OS/c1-9-4-5-10(2)11(6-9)12-7-17-14(15-12)19-13(16-17)8-18-3/h4-7H,8H2,1-3H3. The molecule has 0 amide bonds. The first-order chi connectivity index (χ1) is 9.17. The molecule has 4 nitrogen and oxygen atoms in total. The fourth-order valence-electron chi connectivity index (χ4n) is 2.06. The molecule has 0 bridgehead atoms. The van der Waals surface area contributed by atoms with Crippen LogP contribution >= 0.6 is 11.3 Å². The lowest BCUT2D eigenvalue weighted by molar-refractivity contribution is 0.183. The molecule has 19 heavy (non-hydrogen) atoms. The summed E-state index contributed by atoms with van der Waals surface area (Å²) in [5, 5.41) is 5.39. The van der Waals surface area contributed by atoms with Gasteiger partial charge in [0, 0.05) is 12.7 Å². The average molecular weight is 273 g/mol. The highest BCUT2D eigenvalue weighted by atomic mass is 32.1. The second kappa shape index (κ2) is 4.75. The largest absolute Gasteiger partial charge is 0.377 e. The molecule has 98 valence electrons. The van der Waals surface area contributed by atoms with Gasteiger partial charge in [0.15, 0.2) is 0 Å². The fraction of sp³-hybridized carbons (Fsp3) is 0.286. The summed E-state index contributed by atoms with van der Waals surface area (Å²) >= 11 is 1.56. The summed E-state index contributed by atoms with van der Waals surface area (Å²) in [6.45, 7) is 4.73. The van der Waals surface area contributed by atoms with Crippen molar-refractivity contribution in [1.29, 1.82) is 0 Å². The first kappa shape index (κ1) is 12.3. The van der Waals surface area contributed by atoms with Gasteiger partial charge in [0.25, 0.3) is 0 Å². The summed E-state index contributed by atoms with van der Waals surface area (Å²) < 4.78 is 6.91. The SMILES string of the molecule is COCc1nn2cc(-c3cc(C)ccc3C)nc2s1. The van der Waals surface area contributed by atoms with Gasteiger partial charge >= 0.3 is 0 Å². The summed E-state index contributed by atoms with van der Waals surface area (Å²) in [6, 6.07) is 6.41. The van der Waals surface area contributed by atoms with Gasteiger partial charge < -0.3 is 4.74 Å². The molecule has 0 saturated heterocycles. The van der Waals surface area contributed by atoms with E-state index < -0.39 is 0 Å². The van der Waals surface area contributed by atoms with Crippen LogP contribution in [0.15, 0.2) is 24.4 Å². The Balaban J connectivity index is 2.05. The Kier molecular flexibility index (Phi) is 3.08. The highest BCUT2D eigenvalue weighted by molar-refractivity contribution is 7.16. The Morgan fingerprint density at radius 1 is 1.32 bits per heavy atom. The topological polar surface area (TPSA) is 39.4 Å². The van der Waals surface area contributed by atoms with Crippen LogP contribution in [0.2, 0.25) is 0 Å². The highest BCUT2D eigenvalue weighted by Gasteiger charge is 2.11. The zero-order valence-electron chi connectivity index (χ0n) is 11.2. The third-order valence-corrected chi connectivity index (χ3v) is 3.92. The van der Waals surface area contributed by atoms with E-state index in [-0.39, 0.29) is 0 Å². The predicted octanol–water partition coefficient (Wildman–Crippen LogP) is 3.22. The van der Waals surface area contributed by atoms with E-state index in [9.17, 15) is 0 Å². The molecule has 0 aliphatic carbocycles. The molecule has 0 fully saturated rings. The minimum atomic E-state index is 0.535. The molecule has 0 atom stereocenters. The first-order valence-electron chi connectivity index (χ1n) is 6.09. The van der Waals surface area contributed by atoms with Gasteiger partial charge in [0.1, 0.15) is 5.01 Å². The van der Waals surface area contributed by atoms with E-state index in [2.05, 4.69) is 42.1 Å². The van der Waals surface area contributed by atoms with E-state index in [1.54, 1.807) is 18.4 Å². The molecule has 0 saturated carbocycles. The van der Waals surface area contributed by atoms with Crippen molar-refractivity contribution in [3.05, 3.63) is 40.5 Å². The van der Waals surface area contributed by atoms with Crippen LogP contribution in [0.25, 0.3) is 16.2 Å². The minimum Gasteiger partial charge on any atom is -0.377 e. The number of nitrogens with zero attached hydrogens (tertiary/aromatic N) is 3. The van der Waals surface area contributed by atoms with Gasteiger partial charge in [-0.05, 0) is 25.5 Å². The number of rotatable bonds is 3. The van der Waals surface area contributed by atoms with E-state index in [1.807, 2.05) is 10.7 Å². The van der Waals surface area contributed by atoms with E-state index in [1.165, 1.54) is 16.7 Å². The summed E-state index contributed by atoms with van der Waals surface area (Å²) in [6.07, 6.45) is 1.98. The van der Waals surface area contributed by atoms with Crippen molar-refractivity contribution in [2.24, 2.45) is 0 Å². The van der Waals surface area contributed by atoms with Crippen LogP contribution in [-0.4, -0.2) is 21.7 Å². The lowest BCUT2D eigenvalue weighted by Gasteiger charge is -2.03. The second-order valence-corrected chi connectivity index (χ2v) is 5.64. The van der Waals surface area contributed by atoms with Gasteiger partial charge in [-0.25, -0.2) is 9.50 Å². The number of aromatic nitrogens is 3. The van der Waals surface area contributed by atoms with Crippen LogP contribution in [0.1, 0.15) is 16.1 Å². The zero-order chi connectivity index (χ0) is 13.4. The Morgan fingerprint density at radius 3 is 2.89 bits per heavy atom. The Morgan fingerprint density at radius 2 is 2.16 bits per heavy atom. The summed E-state index contributed by atoms with van der Waals surface area (Å²) in [7, 11) is 1.67. The molecule has 0 aliphatic rings. The van der Waals surface area contributed by atoms with Crippen LogP contribution < -0.4 is 0 Å². The van der Waals surface area contributed by atoms with Gasteiger partial charge in [-0.2, -0.15) is 5.10 Å². The lowest BCUT2D eigenvalue weighted by Crippen LogP contribution is -1.89. The Labute approximate surface area is 115 Å². The minimum absolute atomic E-state index is 0.535. The number of imidazole rings is 1. The number of hydrogen-bond donors (Lipinski definition) is 0. The quantitative estimate of drug-likeness (QED) is 0.735. The zero-order valence-corrected chi connectivity index (χ0v) is 12.0. The van der Waals surface area contributed by atoms with Crippen molar-refractivity contribution >= 4 is 16.3 Å². The molecular weight excluding hydrogens is 258 g/mol. The van der Waals surface area contributed by atoms with Crippen molar-refractivity contribution in [2.75, 3.05) is 7.11 Å². The third-order valence-electron chi connectivity index (χ3n) is 3.02. The second-order valence-electron chi connectivity index (χ2n) is 4.60. The maximum Gasteiger partial charge on any atom is 0.212 e. The van der Waals surface area contributed by atoms with Crippen LogP contribution in [0.4, 0.5) is 0 Å². The fourth-order valence-corrected chi connectivity index (χ4v) is 2.91. The van der Waals surface area contributed by atoms with Gasteiger partial charge in [0.2, 0.25) is 4.96 Å². The Hall–Kier alpha value is -1.72. The molecule has 5 heteroatoms. The van der Waals surface area contributed by atoms with Crippen molar-refractivity contribution in [1.82, 2.24) is 14.6 Å². The molecule has 3 aromatic rings. The van der Waals surface area contributed by atoms with Crippen LogP contribution in [-0.2, 0) is 11.3 Å². The monoisotopic (exact) mass is 273 g/mol. The van der Waals surface area contributed by atoms with E-state index in [4.69, 9.17) is 4.74 Å². The van der Waals surface area contributed by atoms with Crippen molar-refractivity contribution in [2.45, 2.75) is 20.5 Å². The van der Waals surface area contributed by atoms with Gasteiger partial charge in [-0.1, -0.05) is 29.0 Å². The van der Waals surface area contributed by atoms with Crippen molar-refractivity contribution in [3.63, 3.8) is 0 Å². The Bertz CT molecular complexity index is 698. The predicted molar refractivity (Wildman–Crippen MR) is 76.5 cm³/mol. The average Bonchev–Trinajstić information content (AvgIpc) is 2.90. The summed E-state index contributed by atoms with van der Waals surface area (Å²) in [5.41, 5.74) is 4.62. The number of benzene rings is 1.